The highest BCUT2D eigenvalue weighted by atomic mass is 16.6. The number of nitrogens with zero attached hydrogens (tertiary/aromatic N) is 1. The molecule has 0 amide bonds. The zero-order chi connectivity index (χ0) is 10.0. The highest BCUT2D eigenvalue weighted by molar-refractivity contribution is 5.68. The predicted molar refractivity (Wildman–Crippen MR) is 48.1 cm³/mol. The van der Waals surface area contributed by atoms with Crippen molar-refractivity contribution in [1.82, 2.24) is 0 Å². The standard InChI is InChI=1S/C9H8NO3/c1-6(2)8-5-7(10(12)13)3-4-9(8)11/h1,3-5,11H,2H3. The number of phenols is 1. The monoisotopic (exact) mass is 178 g/mol. The molecule has 0 aliphatic rings. The van der Waals surface area contributed by atoms with Gasteiger partial charge in [-0.1, -0.05) is 6.58 Å². The van der Waals surface area contributed by atoms with Crippen molar-refractivity contribution >= 4 is 11.3 Å². The number of nitro groups is 1. The second-order valence-electron chi connectivity index (χ2n) is 2.64. The fourth-order valence-electron chi connectivity index (χ4n) is 0.953. The maximum Gasteiger partial charge on any atom is 0.270 e. The number of phenolic OH excluding ortho intramolecular Hbond substituents is 1. The van der Waals surface area contributed by atoms with Gasteiger partial charge in [0.25, 0.3) is 5.69 Å². The van der Waals surface area contributed by atoms with E-state index in [1.807, 2.05) is 0 Å². The molecule has 1 radical (unpaired) electrons. The average Bonchev–Trinajstić information content (AvgIpc) is 2.04. The molecule has 4 heteroatoms. The van der Waals surface area contributed by atoms with E-state index in [1.54, 1.807) is 6.92 Å². The van der Waals surface area contributed by atoms with Crippen LogP contribution in [0.4, 0.5) is 5.69 Å². The number of benzene rings is 1. The van der Waals surface area contributed by atoms with Crippen LogP contribution in [-0.4, -0.2) is 10.0 Å². The minimum Gasteiger partial charge on any atom is -0.507 e. The quantitative estimate of drug-likeness (QED) is 0.557. The lowest BCUT2D eigenvalue weighted by Crippen LogP contribution is -1.89. The molecule has 0 spiro atoms. The van der Waals surface area contributed by atoms with Crippen molar-refractivity contribution in [2.24, 2.45) is 0 Å². The highest BCUT2D eigenvalue weighted by Gasteiger charge is 2.09. The van der Waals surface area contributed by atoms with Gasteiger partial charge in [0.15, 0.2) is 0 Å². The van der Waals surface area contributed by atoms with E-state index in [2.05, 4.69) is 0 Å². The Labute approximate surface area is 75.3 Å². The molecule has 0 saturated carbocycles. The first-order chi connectivity index (χ1) is 6.02. The van der Waals surface area contributed by atoms with Gasteiger partial charge in [-0.25, -0.2) is 0 Å². The number of aromatic hydroxyl groups is 1. The Bertz CT molecular complexity index is 371. The Kier molecular flexibility index (Phi) is 2.32. The number of hydrogen-bond acceptors (Lipinski definition) is 3. The molecule has 0 aliphatic heterocycles. The van der Waals surface area contributed by atoms with Crippen LogP contribution in [-0.2, 0) is 0 Å². The lowest BCUT2D eigenvalue weighted by Gasteiger charge is -2.01. The number of rotatable bonds is 2. The summed E-state index contributed by atoms with van der Waals surface area (Å²) in [4.78, 5) is 9.83. The van der Waals surface area contributed by atoms with Crippen molar-refractivity contribution in [1.29, 1.82) is 0 Å². The third kappa shape index (κ3) is 1.84. The molecule has 0 atom stereocenters. The van der Waals surface area contributed by atoms with Gasteiger partial charge in [-0.15, -0.1) is 0 Å². The summed E-state index contributed by atoms with van der Waals surface area (Å²) < 4.78 is 0. The molecule has 1 aromatic rings. The van der Waals surface area contributed by atoms with E-state index in [0.29, 0.717) is 11.1 Å². The van der Waals surface area contributed by atoms with E-state index in [0.717, 1.165) is 0 Å². The molecule has 13 heavy (non-hydrogen) atoms. The van der Waals surface area contributed by atoms with Crippen LogP contribution in [0.3, 0.4) is 0 Å². The molecule has 4 nitrogen and oxygen atoms in total. The Morgan fingerprint density at radius 3 is 2.69 bits per heavy atom. The molecular formula is C9H8NO3. The van der Waals surface area contributed by atoms with Gasteiger partial charge in [0.2, 0.25) is 0 Å². The van der Waals surface area contributed by atoms with Crippen molar-refractivity contribution in [2.75, 3.05) is 0 Å². The predicted octanol–water partition coefficient (Wildman–Crippen LogP) is 2.14. The van der Waals surface area contributed by atoms with Crippen LogP contribution in [0, 0.1) is 16.7 Å². The van der Waals surface area contributed by atoms with E-state index < -0.39 is 4.92 Å². The first kappa shape index (κ1) is 9.25. The summed E-state index contributed by atoms with van der Waals surface area (Å²) in [6.07, 6.45) is 0. The lowest BCUT2D eigenvalue weighted by atomic mass is 10.1. The normalized spacial score (nSPS) is 9.62. The zero-order valence-corrected chi connectivity index (χ0v) is 7.02. The molecule has 67 valence electrons. The van der Waals surface area contributed by atoms with E-state index in [1.165, 1.54) is 18.2 Å². The molecule has 0 bridgehead atoms. The fraction of sp³-hybridized carbons (Fsp3) is 0.111. The van der Waals surface area contributed by atoms with E-state index >= 15 is 0 Å². The molecular weight excluding hydrogens is 170 g/mol. The van der Waals surface area contributed by atoms with Crippen molar-refractivity contribution in [3.05, 3.63) is 40.5 Å². The molecule has 1 aromatic carbocycles. The molecule has 0 fully saturated rings. The van der Waals surface area contributed by atoms with Crippen LogP contribution in [0.5, 0.6) is 5.75 Å². The van der Waals surface area contributed by atoms with Gasteiger partial charge in [0, 0.05) is 17.7 Å². The Hall–Kier alpha value is -1.84. The second kappa shape index (κ2) is 3.26. The van der Waals surface area contributed by atoms with Gasteiger partial charge in [0.1, 0.15) is 5.75 Å². The summed E-state index contributed by atoms with van der Waals surface area (Å²) in [5.41, 5.74) is 0.563. The molecule has 0 saturated heterocycles. The highest BCUT2D eigenvalue weighted by Crippen LogP contribution is 2.27. The van der Waals surface area contributed by atoms with Crippen LogP contribution < -0.4 is 0 Å². The SMILES string of the molecule is [CH]=C(C)c1cc([N+](=O)[O-])ccc1O. The van der Waals surface area contributed by atoms with Gasteiger partial charge in [-0.05, 0) is 18.6 Å². The molecule has 0 unspecified atom stereocenters. The van der Waals surface area contributed by atoms with Crippen molar-refractivity contribution < 1.29 is 10.0 Å². The average molecular weight is 178 g/mol. The van der Waals surface area contributed by atoms with Crippen LogP contribution in [0.2, 0.25) is 0 Å². The van der Waals surface area contributed by atoms with Crippen molar-refractivity contribution in [3.8, 4) is 5.75 Å². The molecule has 1 N–H and O–H groups in total. The van der Waals surface area contributed by atoms with Crippen LogP contribution in [0.1, 0.15) is 12.5 Å². The molecule has 0 aliphatic carbocycles. The number of nitro benzene ring substituents is 1. The number of hydrogen-bond donors (Lipinski definition) is 1. The number of allylic oxidation sites excluding steroid dienone is 1. The van der Waals surface area contributed by atoms with Gasteiger partial charge in [-0.3, -0.25) is 10.1 Å². The van der Waals surface area contributed by atoms with E-state index in [9.17, 15) is 15.2 Å². The lowest BCUT2D eigenvalue weighted by molar-refractivity contribution is -0.384. The first-order valence-electron chi connectivity index (χ1n) is 3.59. The van der Waals surface area contributed by atoms with Gasteiger partial charge >= 0.3 is 0 Å². The maximum absolute atomic E-state index is 10.4. The van der Waals surface area contributed by atoms with Crippen LogP contribution in [0.15, 0.2) is 18.2 Å². The topological polar surface area (TPSA) is 63.4 Å². The third-order valence-corrected chi connectivity index (χ3v) is 1.62. The summed E-state index contributed by atoms with van der Waals surface area (Å²) in [7, 11) is 0. The maximum atomic E-state index is 10.4. The summed E-state index contributed by atoms with van der Waals surface area (Å²) in [6.45, 7) is 6.99. The third-order valence-electron chi connectivity index (χ3n) is 1.62. The largest absolute Gasteiger partial charge is 0.507 e. The smallest absolute Gasteiger partial charge is 0.270 e. The molecule has 1 rings (SSSR count). The fourth-order valence-corrected chi connectivity index (χ4v) is 0.953. The van der Waals surface area contributed by atoms with Crippen LogP contribution in [0.25, 0.3) is 5.57 Å². The minimum absolute atomic E-state index is 0.0504. The summed E-state index contributed by atoms with van der Waals surface area (Å²) in [6, 6.07) is 3.72. The van der Waals surface area contributed by atoms with Crippen molar-refractivity contribution in [2.45, 2.75) is 6.92 Å². The van der Waals surface area contributed by atoms with E-state index in [-0.39, 0.29) is 11.4 Å². The Morgan fingerprint density at radius 2 is 2.23 bits per heavy atom. The first-order valence-corrected chi connectivity index (χ1v) is 3.59. The molecule has 0 heterocycles. The zero-order valence-electron chi connectivity index (χ0n) is 7.02. The van der Waals surface area contributed by atoms with Crippen molar-refractivity contribution in [3.63, 3.8) is 0 Å². The minimum atomic E-state index is -0.536. The summed E-state index contributed by atoms with van der Waals surface area (Å²) in [5, 5.41) is 19.6. The van der Waals surface area contributed by atoms with Gasteiger partial charge < -0.3 is 5.11 Å². The molecule has 0 aromatic heterocycles. The number of non-ortho nitro benzene ring substituents is 1. The van der Waals surface area contributed by atoms with Gasteiger partial charge in [-0.2, -0.15) is 0 Å². The Morgan fingerprint density at radius 1 is 1.62 bits per heavy atom. The summed E-state index contributed by atoms with van der Waals surface area (Å²) in [5.74, 6) is -0.0504. The second-order valence-corrected chi connectivity index (χ2v) is 2.64. The van der Waals surface area contributed by atoms with Crippen LogP contribution >= 0.6 is 0 Å². The van der Waals surface area contributed by atoms with Gasteiger partial charge in [0.05, 0.1) is 4.92 Å². The Balaban J connectivity index is 3.27. The summed E-state index contributed by atoms with van der Waals surface area (Å²) >= 11 is 0. The van der Waals surface area contributed by atoms with E-state index in [4.69, 9.17) is 6.58 Å².